The summed E-state index contributed by atoms with van der Waals surface area (Å²) in [5.41, 5.74) is 3.30. The minimum atomic E-state index is -0.0937. The van der Waals surface area contributed by atoms with E-state index in [2.05, 4.69) is 20.6 Å². The fraction of sp³-hybridized carbons (Fsp3) is 0.0625. The van der Waals surface area contributed by atoms with Gasteiger partial charge < -0.3 is 10.6 Å². The largest absolute Gasteiger partial charge is 0.331 e. The van der Waals surface area contributed by atoms with Crippen LogP contribution in [-0.4, -0.2) is 15.9 Å². The molecule has 0 aliphatic heterocycles. The Balaban J connectivity index is 1.77. The number of pyridine rings is 1. The Morgan fingerprint density at radius 1 is 1.09 bits per heavy atom. The van der Waals surface area contributed by atoms with Crippen LogP contribution < -0.4 is 10.6 Å². The molecule has 0 spiro atoms. The maximum atomic E-state index is 11.1. The molecule has 3 aromatic rings. The zero-order chi connectivity index (χ0) is 15.4. The second-order valence-corrected chi connectivity index (χ2v) is 5.50. The van der Waals surface area contributed by atoms with Crippen molar-refractivity contribution in [1.29, 1.82) is 0 Å². The Morgan fingerprint density at radius 2 is 1.95 bits per heavy atom. The van der Waals surface area contributed by atoms with Crippen LogP contribution in [0.3, 0.4) is 0 Å². The van der Waals surface area contributed by atoms with Gasteiger partial charge >= 0.3 is 0 Å². The van der Waals surface area contributed by atoms with Crippen LogP contribution in [0.25, 0.3) is 11.4 Å². The third-order valence-electron chi connectivity index (χ3n) is 2.87. The molecule has 110 valence electrons. The number of amides is 1. The lowest BCUT2D eigenvalue weighted by molar-refractivity contribution is -0.114. The predicted octanol–water partition coefficient (Wildman–Crippen LogP) is 3.91. The van der Waals surface area contributed by atoms with E-state index in [0.29, 0.717) is 0 Å². The highest BCUT2D eigenvalue weighted by Crippen LogP contribution is 2.26. The molecule has 0 bridgehead atoms. The van der Waals surface area contributed by atoms with Crippen molar-refractivity contribution in [1.82, 2.24) is 9.97 Å². The van der Waals surface area contributed by atoms with Crippen LogP contribution in [0, 0.1) is 0 Å². The van der Waals surface area contributed by atoms with E-state index >= 15 is 0 Å². The van der Waals surface area contributed by atoms with E-state index in [9.17, 15) is 4.79 Å². The number of benzene rings is 1. The highest BCUT2D eigenvalue weighted by Gasteiger charge is 2.06. The highest BCUT2D eigenvalue weighted by molar-refractivity contribution is 7.14. The van der Waals surface area contributed by atoms with Crippen LogP contribution in [0.15, 0.2) is 54.0 Å². The quantitative estimate of drug-likeness (QED) is 0.767. The molecular weight excluding hydrogens is 296 g/mol. The molecule has 2 aromatic heterocycles. The van der Waals surface area contributed by atoms with Crippen LogP contribution in [0.2, 0.25) is 0 Å². The number of carbonyl (C=O) groups is 1. The first-order chi connectivity index (χ1) is 10.7. The van der Waals surface area contributed by atoms with Crippen LogP contribution >= 0.6 is 11.3 Å². The minimum Gasteiger partial charge on any atom is -0.331 e. The van der Waals surface area contributed by atoms with Crippen molar-refractivity contribution in [3.8, 4) is 11.4 Å². The molecule has 0 fully saturated rings. The molecule has 2 heterocycles. The minimum absolute atomic E-state index is 0.0937. The Hall–Kier alpha value is -2.73. The number of carbonyl (C=O) groups excluding carboxylic acids is 1. The molecule has 22 heavy (non-hydrogen) atoms. The van der Waals surface area contributed by atoms with E-state index in [1.807, 2.05) is 47.8 Å². The van der Waals surface area contributed by atoms with Gasteiger partial charge in [-0.1, -0.05) is 12.1 Å². The van der Waals surface area contributed by atoms with Gasteiger partial charge in [0, 0.05) is 29.9 Å². The average Bonchev–Trinajstić information content (AvgIpc) is 2.96. The van der Waals surface area contributed by atoms with E-state index in [-0.39, 0.29) is 5.91 Å². The lowest BCUT2D eigenvalue weighted by Gasteiger charge is -2.06. The van der Waals surface area contributed by atoms with Crippen molar-refractivity contribution in [3.63, 3.8) is 0 Å². The molecule has 2 N–H and O–H groups in total. The van der Waals surface area contributed by atoms with Gasteiger partial charge in [-0.05, 0) is 30.3 Å². The highest BCUT2D eigenvalue weighted by atomic mass is 32.1. The van der Waals surface area contributed by atoms with Gasteiger partial charge in [-0.3, -0.25) is 9.78 Å². The average molecular weight is 310 g/mol. The molecule has 0 aliphatic rings. The summed E-state index contributed by atoms with van der Waals surface area (Å²) in [6.07, 6.45) is 1.75. The summed E-state index contributed by atoms with van der Waals surface area (Å²) in [6, 6.07) is 13.2. The van der Waals surface area contributed by atoms with Gasteiger partial charge in [0.05, 0.1) is 5.69 Å². The first kappa shape index (κ1) is 14.2. The maximum absolute atomic E-state index is 11.1. The molecule has 1 amide bonds. The molecule has 0 aliphatic carbocycles. The van der Waals surface area contributed by atoms with Crippen molar-refractivity contribution in [2.45, 2.75) is 6.92 Å². The predicted molar refractivity (Wildman–Crippen MR) is 89.4 cm³/mol. The van der Waals surface area contributed by atoms with E-state index in [1.165, 1.54) is 18.3 Å². The lowest BCUT2D eigenvalue weighted by Crippen LogP contribution is -2.05. The first-order valence-corrected chi connectivity index (χ1v) is 7.60. The molecule has 0 saturated heterocycles. The van der Waals surface area contributed by atoms with Crippen LogP contribution in [0.4, 0.5) is 16.5 Å². The molecule has 5 nitrogen and oxygen atoms in total. The SMILES string of the molecule is CC(=O)Nc1cccc(Nc2nc(-c3ccccn3)cs2)c1. The van der Waals surface area contributed by atoms with Crippen LogP contribution in [-0.2, 0) is 4.79 Å². The molecule has 0 atom stereocenters. The molecule has 0 radical (unpaired) electrons. The summed E-state index contributed by atoms with van der Waals surface area (Å²) in [5.74, 6) is -0.0937. The zero-order valence-corrected chi connectivity index (χ0v) is 12.7. The summed E-state index contributed by atoms with van der Waals surface area (Å²) in [4.78, 5) is 19.9. The van der Waals surface area contributed by atoms with E-state index in [0.717, 1.165) is 27.9 Å². The molecule has 0 unspecified atom stereocenters. The Labute approximate surface area is 132 Å². The number of hydrogen-bond acceptors (Lipinski definition) is 5. The topological polar surface area (TPSA) is 66.9 Å². The second kappa shape index (κ2) is 6.36. The number of nitrogens with zero attached hydrogens (tertiary/aromatic N) is 2. The fourth-order valence-corrected chi connectivity index (χ4v) is 2.69. The number of anilines is 3. The number of nitrogens with one attached hydrogen (secondary N) is 2. The van der Waals surface area contributed by atoms with Gasteiger partial charge in [0.2, 0.25) is 5.91 Å². The van der Waals surface area contributed by atoms with Crippen molar-refractivity contribution in [3.05, 3.63) is 54.0 Å². The number of hydrogen-bond donors (Lipinski definition) is 2. The molecule has 0 saturated carbocycles. The summed E-state index contributed by atoms with van der Waals surface area (Å²) in [7, 11) is 0. The summed E-state index contributed by atoms with van der Waals surface area (Å²) < 4.78 is 0. The summed E-state index contributed by atoms with van der Waals surface area (Å²) >= 11 is 1.51. The number of rotatable bonds is 4. The third-order valence-corrected chi connectivity index (χ3v) is 3.62. The molecular formula is C16H14N4OS. The standard InChI is InChI=1S/C16H14N4OS/c1-11(21)18-12-5-4-6-13(9-12)19-16-20-15(10-22-16)14-7-2-3-8-17-14/h2-10H,1H3,(H,18,21)(H,19,20). The molecule has 3 rings (SSSR count). The summed E-state index contributed by atoms with van der Waals surface area (Å²) in [6.45, 7) is 1.49. The summed E-state index contributed by atoms with van der Waals surface area (Å²) in [5, 5.41) is 8.73. The monoisotopic (exact) mass is 310 g/mol. The van der Waals surface area contributed by atoms with Gasteiger partial charge in [-0.25, -0.2) is 4.98 Å². The van der Waals surface area contributed by atoms with E-state index in [1.54, 1.807) is 6.20 Å². The van der Waals surface area contributed by atoms with Crippen molar-refractivity contribution in [2.24, 2.45) is 0 Å². The van der Waals surface area contributed by atoms with Gasteiger partial charge in [0.25, 0.3) is 0 Å². The van der Waals surface area contributed by atoms with E-state index in [4.69, 9.17) is 0 Å². The normalized spacial score (nSPS) is 10.2. The van der Waals surface area contributed by atoms with Crippen molar-refractivity contribution >= 4 is 33.8 Å². The fourth-order valence-electron chi connectivity index (χ4n) is 1.96. The van der Waals surface area contributed by atoms with Gasteiger partial charge in [0.1, 0.15) is 5.69 Å². The van der Waals surface area contributed by atoms with Crippen molar-refractivity contribution in [2.75, 3.05) is 10.6 Å². The van der Waals surface area contributed by atoms with Gasteiger partial charge in [-0.2, -0.15) is 0 Å². The third kappa shape index (κ3) is 3.48. The Kier molecular flexibility index (Phi) is 4.11. The Bertz CT molecular complexity index is 786. The zero-order valence-electron chi connectivity index (χ0n) is 11.9. The van der Waals surface area contributed by atoms with Crippen LogP contribution in [0.1, 0.15) is 6.92 Å². The molecule has 6 heteroatoms. The number of aromatic nitrogens is 2. The van der Waals surface area contributed by atoms with Crippen molar-refractivity contribution < 1.29 is 4.79 Å². The van der Waals surface area contributed by atoms with Crippen LogP contribution in [0.5, 0.6) is 0 Å². The van der Waals surface area contributed by atoms with E-state index < -0.39 is 0 Å². The van der Waals surface area contributed by atoms with Gasteiger partial charge in [0.15, 0.2) is 5.13 Å². The number of thiazole rings is 1. The Morgan fingerprint density at radius 3 is 2.73 bits per heavy atom. The molecule has 1 aromatic carbocycles. The lowest BCUT2D eigenvalue weighted by atomic mass is 10.3. The maximum Gasteiger partial charge on any atom is 0.221 e. The van der Waals surface area contributed by atoms with Gasteiger partial charge in [-0.15, -0.1) is 11.3 Å². The second-order valence-electron chi connectivity index (χ2n) is 4.64. The smallest absolute Gasteiger partial charge is 0.221 e. The first-order valence-electron chi connectivity index (χ1n) is 6.72.